The van der Waals surface area contributed by atoms with Gasteiger partial charge in [-0.05, 0) is 38.1 Å². The van der Waals surface area contributed by atoms with Gasteiger partial charge in [0.25, 0.3) is 0 Å². The largest absolute Gasteiger partial charge is 0.393 e. The Bertz CT molecular complexity index is 267. The second-order valence-electron chi connectivity index (χ2n) is 6.06. The normalized spacial score (nSPS) is 23.4. The first-order chi connectivity index (χ1) is 8.43. The number of hydrogen-bond acceptors (Lipinski definition) is 3. The Morgan fingerprint density at radius 3 is 2.56 bits per heavy atom. The van der Waals surface area contributed by atoms with Gasteiger partial charge in [-0.15, -0.1) is 0 Å². The van der Waals surface area contributed by atoms with Crippen LogP contribution in [0.2, 0.25) is 0 Å². The molecule has 0 aliphatic carbocycles. The van der Waals surface area contributed by atoms with Gasteiger partial charge in [0.15, 0.2) is 0 Å². The predicted molar refractivity (Wildman–Crippen MR) is 73.0 cm³/mol. The molecule has 18 heavy (non-hydrogen) atoms. The molecule has 0 spiro atoms. The number of aliphatic hydroxyl groups is 1. The summed E-state index contributed by atoms with van der Waals surface area (Å²) in [6.45, 7) is 8.19. The Morgan fingerprint density at radius 2 is 2.11 bits per heavy atom. The molecule has 0 aromatic rings. The van der Waals surface area contributed by atoms with Gasteiger partial charge in [0.05, 0.1) is 6.10 Å². The van der Waals surface area contributed by atoms with Crippen molar-refractivity contribution in [2.24, 2.45) is 23.5 Å². The molecule has 3 N–H and O–H groups in total. The number of rotatable bonds is 6. The van der Waals surface area contributed by atoms with Crippen molar-refractivity contribution >= 4 is 5.91 Å². The molecule has 1 rings (SSSR count). The first-order valence-electron chi connectivity index (χ1n) is 7.10. The SMILES string of the molecule is CC(C)CC(CN)CC(=O)N1CCC(C(C)O)C1. The third-order valence-corrected chi connectivity index (χ3v) is 3.86. The van der Waals surface area contributed by atoms with Gasteiger partial charge in [-0.1, -0.05) is 13.8 Å². The van der Waals surface area contributed by atoms with Gasteiger partial charge >= 0.3 is 0 Å². The van der Waals surface area contributed by atoms with E-state index in [1.54, 1.807) is 6.92 Å². The predicted octanol–water partition coefficient (Wildman–Crippen LogP) is 1.23. The Morgan fingerprint density at radius 1 is 1.44 bits per heavy atom. The molecule has 4 nitrogen and oxygen atoms in total. The maximum atomic E-state index is 12.2. The number of nitrogens with zero attached hydrogens (tertiary/aromatic N) is 1. The van der Waals surface area contributed by atoms with Crippen LogP contribution in [0.1, 0.15) is 40.0 Å². The number of carbonyl (C=O) groups is 1. The zero-order chi connectivity index (χ0) is 13.7. The van der Waals surface area contributed by atoms with Crippen molar-refractivity contribution in [3.8, 4) is 0 Å². The van der Waals surface area contributed by atoms with Crippen LogP contribution in [0.15, 0.2) is 0 Å². The maximum Gasteiger partial charge on any atom is 0.222 e. The van der Waals surface area contributed by atoms with E-state index in [1.807, 2.05) is 4.90 Å². The zero-order valence-electron chi connectivity index (χ0n) is 11.9. The highest BCUT2D eigenvalue weighted by Crippen LogP contribution is 2.22. The number of likely N-dealkylation sites (tertiary alicyclic amines) is 1. The summed E-state index contributed by atoms with van der Waals surface area (Å²) in [5, 5.41) is 9.54. The second kappa shape index (κ2) is 7.10. The lowest BCUT2D eigenvalue weighted by Gasteiger charge is -2.22. The van der Waals surface area contributed by atoms with Crippen LogP contribution >= 0.6 is 0 Å². The van der Waals surface area contributed by atoms with Crippen LogP contribution in [0.3, 0.4) is 0 Å². The molecule has 106 valence electrons. The van der Waals surface area contributed by atoms with Crippen LogP contribution in [0, 0.1) is 17.8 Å². The Kier molecular flexibility index (Phi) is 6.09. The van der Waals surface area contributed by atoms with E-state index in [2.05, 4.69) is 13.8 Å². The number of carbonyl (C=O) groups excluding carboxylic acids is 1. The molecule has 1 heterocycles. The van der Waals surface area contributed by atoms with Crippen molar-refractivity contribution in [3.05, 3.63) is 0 Å². The van der Waals surface area contributed by atoms with Crippen LogP contribution in [-0.2, 0) is 4.79 Å². The van der Waals surface area contributed by atoms with E-state index in [4.69, 9.17) is 5.73 Å². The number of nitrogens with two attached hydrogens (primary N) is 1. The highest BCUT2D eigenvalue weighted by molar-refractivity contribution is 5.76. The summed E-state index contributed by atoms with van der Waals surface area (Å²) in [6.07, 6.45) is 2.17. The third-order valence-electron chi connectivity index (χ3n) is 3.86. The summed E-state index contributed by atoms with van der Waals surface area (Å²) in [6, 6.07) is 0. The molecule has 0 aromatic carbocycles. The highest BCUT2D eigenvalue weighted by Gasteiger charge is 2.29. The van der Waals surface area contributed by atoms with Crippen molar-refractivity contribution in [3.63, 3.8) is 0 Å². The zero-order valence-corrected chi connectivity index (χ0v) is 11.9. The quantitative estimate of drug-likeness (QED) is 0.751. The van der Waals surface area contributed by atoms with E-state index < -0.39 is 0 Å². The van der Waals surface area contributed by atoms with Gasteiger partial charge in [0, 0.05) is 25.4 Å². The summed E-state index contributed by atoms with van der Waals surface area (Å²) in [5.41, 5.74) is 5.73. The standard InChI is InChI=1S/C14H28N2O2/c1-10(2)6-12(8-15)7-14(18)16-5-4-13(9-16)11(3)17/h10-13,17H,4-9,15H2,1-3H3. The average Bonchev–Trinajstić information content (AvgIpc) is 2.76. The Hall–Kier alpha value is -0.610. The average molecular weight is 256 g/mol. The fourth-order valence-electron chi connectivity index (χ4n) is 2.71. The number of aliphatic hydroxyl groups excluding tert-OH is 1. The molecule has 1 aliphatic heterocycles. The van der Waals surface area contributed by atoms with Crippen molar-refractivity contribution in [2.75, 3.05) is 19.6 Å². The van der Waals surface area contributed by atoms with Crippen LogP contribution in [0.5, 0.6) is 0 Å². The molecule has 3 atom stereocenters. The first kappa shape index (κ1) is 15.4. The number of amides is 1. The summed E-state index contributed by atoms with van der Waals surface area (Å²) in [5.74, 6) is 1.32. The highest BCUT2D eigenvalue weighted by atomic mass is 16.3. The minimum atomic E-state index is -0.316. The molecular formula is C14H28N2O2. The van der Waals surface area contributed by atoms with Crippen molar-refractivity contribution < 1.29 is 9.90 Å². The monoisotopic (exact) mass is 256 g/mol. The van der Waals surface area contributed by atoms with Gasteiger partial charge in [-0.3, -0.25) is 4.79 Å². The van der Waals surface area contributed by atoms with E-state index in [0.717, 1.165) is 19.4 Å². The molecular weight excluding hydrogens is 228 g/mol. The molecule has 4 heteroatoms. The smallest absolute Gasteiger partial charge is 0.222 e. The second-order valence-corrected chi connectivity index (χ2v) is 6.06. The summed E-state index contributed by atoms with van der Waals surface area (Å²) in [4.78, 5) is 14.0. The van der Waals surface area contributed by atoms with Crippen LogP contribution in [0.4, 0.5) is 0 Å². The van der Waals surface area contributed by atoms with Crippen molar-refractivity contribution in [2.45, 2.75) is 46.1 Å². The summed E-state index contributed by atoms with van der Waals surface area (Å²) < 4.78 is 0. The van der Waals surface area contributed by atoms with Crippen LogP contribution < -0.4 is 5.73 Å². The first-order valence-corrected chi connectivity index (χ1v) is 7.10. The molecule has 0 aromatic heterocycles. The lowest BCUT2D eigenvalue weighted by Crippen LogP contribution is -2.33. The van der Waals surface area contributed by atoms with Gasteiger partial charge < -0.3 is 15.7 Å². The molecule has 1 amide bonds. The lowest BCUT2D eigenvalue weighted by atomic mass is 9.94. The van der Waals surface area contributed by atoms with Gasteiger partial charge in [0.1, 0.15) is 0 Å². The summed E-state index contributed by atoms with van der Waals surface area (Å²) in [7, 11) is 0. The molecule has 1 fully saturated rings. The van der Waals surface area contributed by atoms with E-state index in [-0.39, 0.29) is 17.9 Å². The van der Waals surface area contributed by atoms with Gasteiger partial charge in [-0.2, -0.15) is 0 Å². The molecule has 0 radical (unpaired) electrons. The Balaban J connectivity index is 2.41. The van der Waals surface area contributed by atoms with Crippen molar-refractivity contribution in [1.29, 1.82) is 0 Å². The molecule has 1 saturated heterocycles. The Labute approximate surface area is 111 Å². The van der Waals surface area contributed by atoms with E-state index in [0.29, 0.717) is 31.3 Å². The minimum absolute atomic E-state index is 0.203. The van der Waals surface area contributed by atoms with E-state index in [1.165, 1.54) is 0 Å². The van der Waals surface area contributed by atoms with E-state index in [9.17, 15) is 9.90 Å². The van der Waals surface area contributed by atoms with Crippen molar-refractivity contribution in [1.82, 2.24) is 4.90 Å². The molecule has 1 aliphatic rings. The number of hydrogen-bond donors (Lipinski definition) is 2. The fourth-order valence-corrected chi connectivity index (χ4v) is 2.71. The molecule has 3 unspecified atom stereocenters. The molecule has 0 saturated carbocycles. The summed E-state index contributed by atoms with van der Waals surface area (Å²) >= 11 is 0. The lowest BCUT2D eigenvalue weighted by molar-refractivity contribution is -0.131. The topological polar surface area (TPSA) is 66.6 Å². The minimum Gasteiger partial charge on any atom is -0.393 e. The fraction of sp³-hybridized carbons (Fsp3) is 0.929. The van der Waals surface area contributed by atoms with Crippen LogP contribution in [0.25, 0.3) is 0 Å². The van der Waals surface area contributed by atoms with E-state index >= 15 is 0 Å². The third kappa shape index (κ3) is 4.58. The molecule has 0 bridgehead atoms. The van der Waals surface area contributed by atoms with Gasteiger partial charge in [-0.25, -0.2) is 0 Å². The van der Waals surface area contributed by atoms with Crippen LogP contribution in [-0.4, -0.2) is 41.7 Å². The maximum absolute atomic E-state index is 12.2. The van der Waals surface area contributed by atoms with Gasteiger partial charge in [0.2, 0.25) is 5.91 Å².